The zero-order valence-electron chi connectivity index (χ0n) is 16.3. The van der Waals surface area contributed by atoms with Crippen LogP contribution < -0.4 is 13.5 Å². The predicted molar refractivity (Wildman–Crippen MR) is 106 cm³/mol. The van der Waals surface area contributed by atoms with Gasteiger partial charge >= 0.3 is 0 Å². The van der Waals surface area contributed by atoms with Crippen molar-refractivity contribution in [2.45, 2.75) is 5.60 Å². The summed E-state index contributed by atoms with van der Waals surface area (Å²) in [6.45, 7) is 0. The Hall–Kier alpha value is -3.49. The van der Waals surface area contributed by atoms with E-state index < -0.39 is 32.4 Å². The number of hydrogen-bond acceptors (Lipinski definition) is 11. The predicted octanol–water partition coefficient (Wildman–Crippen LogP) is 0.0123. The van der Waals surface area contributed by atoms with E-state index in [9.17, 15) is 40.9 Å². The van der Waals surface area contributed by atoms with E-state index in [4.69, 9.17) is 0 Å². The molecule has 0 atom stereocenters. The molecule has 0 radical (unpaired) electrons. The summed E-state index contributed by atoms with van der Waals surface area (Å²) in [5.74, 6) is -2.30. The third kappa shape index (κ3) is 5.66. The van der Waals surface area contributed by atoms with Crippen molar-refractivity contribution in [3.63, 3.8) is 0 Å². The molecule has 11 nitrogen and oxygen atoms in total. The van der Waals surface area contributed by atoms with Crippen molar-refractivity contribution in [1.82, 2.24) is 0 Å². The largest absolute Gasteiger partial charge is 0.716 e. The summed E-state index contributed by atoms with van der Waals surface area (Å²) < 4.78 is 73.3. The molecule has 174 valence electrons. The Bertz CT molecular complexity index is 1300. The van der Waals surface area contributed by atoms with E-state index in [2.05, 4.69) is 8.37 Å². The minimum atomic E-state index is -5.05. The molecule has 0 fully saturated rings. The Labute approximate surface area is 188 Å². The third-order valence-corrected chi connectivity index (χ3v) is 5.27. The van der Waals surface area contributed by atoms with Crippen molar-refractivity contribution in [2.75, 3.05) is 0 Å². The van der Waals surface area contributed by atoms with E-state index in [1.165, 1.54) is 48.5 Å². The minimum Gasteiger partial charge on any atom is -0.716 e. The maximum Gasteiger partial charge on any atom is 0.262 e. The molecule has 0 aliphatic rings. The van der Waals surface area contributed by atoms with Gasteiger partial charge < -0.3 is 32.5 Å². The van der Waals surface area contributed by atoms with Gasteiger partial charge in [-0.3, -0.25) is 0 Å². The summed E-state index contributed by atoms with van der Waals surface area (Å²) in [6.07, 6.45) is 0. The highest BCUT2D eigenvalue weighted by Gasteiger charge is 2.36. The molecule has 0 heterocycles. The van der Waals surface area contributed by atoms with Crippen LogP contribution in [0.5, 0.6) is 11.5 Å². The van der Waals surface area contributed by atoms with Crippen LogP contribution in [0.25, 0.3) is 0 Å². The molecule has 3 rings (SSSR count). The van der Waals surface area contributed by atoms with Gasteiger partial charge in [0.15, 0.2) is 0 Å². The van der Waals surface area contributed by atoms with Crippen molar-refractivity contribution in [3.05, 3.63) is 95.1 Å². The molecule has 33 heavy (non-hydrogen) atoms. The molecule has 0 spiro atoms. The highest BCUT2D eigenvalue weighted by molar-refractivity contribution is 7.81. The Morgan fingerprint density at radius 3 is 1.48 bits per heavy atom. The second kappa shape index (κ2) is 8.80. The van der Waals surface area contributed by atoms with Crippen molar-refractivity contribution >= 4 is 26.8 Å². The van der Waals surface area contributed by atoms with Crippen molar-refractivity contribution in [3.8, 4) is 11.5 Å². The molecule has 0 saturated carbocycles. The summed E-state index contributed by atoms with van der Waals surface area (Å²) in [4.78, 5) is 11.7. The molecular weight excluding hydrogens is 480 g/mol. The van der Waals surface area contributed by atoms with Gasteiger partial charge in [-0.25, -0.2) is 16.8 Å². The summed E-state index contributed by atoms with van der Waals surface area (Å²) in [5.41, 5.74) is -2.65. The maximum atomic E-state index is 11.8. The monoisotopic (exact) mass is 493 g/mol. The van der Waals surface area contributed by atoms with Crippen LogP contribution in [-0.2, 0) is 26.4 Å². The highest BCUT2D eigenvalue weighted by Crippen LogP contribution is 2.39. The number of aromatic carboxylic acids is 1. The van der Waals surface area contributed by atoms with Crippen molar-refractivity contribution in [2.24, 2.45) is 0 Å². The summed E-state index contributed by atoms with van der Waals surface area (Å²) >= 11 is 0. The number of benzene rings is 3. The lowest BCUT2D eigenvalue weighted by Crippen LogP contribution is -2.34. The molecule has 3 aromatic carbocycles. The molecule has 0 aromatic heterocycles. The van der Waals surface area contributed by atoms with E-state index >= 15 is 0 Å². The number of hydrogen-bond donors (Lipinski definition) is 1. The lowest BCUT2D eigenvalue weighted by Gasteiger charge is -2.32. The van der Waals surface area contributed by atoms with E-state index in [-0.39, 0.29) is 33.8 Å². The lowest BCUT2D eigenvalue weighted by molar-refractivity contribution is -0.255. The first kappa shape index (κ1) is 24.2. The fourth-order valence-electron chi connectivity index (χ4n) is 3.19. The average molecular weight is 493 g/mol. The van der Waals surface area contributed by atoms with Crippen LogP contribution in [0.15, 0.2) is 72.8 Å². The molecular formula is C20H13O11S2-3. The second-order valence-electron chi connectivity index (χ2n) is 6.58. The smallest absolute Gasteiger partial charge is 0.262 e. The van der Waals surface area contributed by atoms with Crippen LogP contribution >= 0.6 is 0 Å². The van der Waals surface area contributed by atoms with Gasteiger partial charge in [0.2, 0.25) is 0 Å². The van der Waals surface area contributed by atoms with Gasteiger partial charge in [-0.2, -0.15) is 0 Å². The summed E-state index contributed by atoms with van der Waals surface area (Å²) in [6, 6.07) is 14.4. The van der Waals surface area contributed by atoms with Gasteiger partial charge in [0.05, 0.1) is 5.97 Å². The standard InChI is InChI=1S/C20H16O11S2/c21-19(22)17-3-1-2-4-18(17)20(23,13-5-9-15(10-6-13)30-32(24,25)26)14-7-11-16(12-8-14)31-33(27,28)29/h1-12,23H,(H,21,22)(H,24,25,26)(H,27,28,29)/p-3. The fourth-order valence-corrected chi connectivity index (χ4v) is 3.89. The number of carboxylic acid groups (broad SMARTS) is 1. The van der Waals surface area contributed by atoms with Gasteiger partial charge in [-0.15, -0.1) is 0 Å². The first-order chi connectivity index (χ1) is 15.3. The van der Waals surface area contributed by atoms with E-state index in [0.717, 1.165) is 24.3 Å². The van der Waals surface area contributed by atoms with Crippen LogP contribution in [0.4, 0.5) is 0 Å². The van der Waals surface area contributed by atoms with Crippen LogP contribution in [0.3, 0.4) is 0 Å². The zero-order chi connectivity index (χ0) is 24.4. The van der Waals surface area contributed by atoms with E-state index in [0.29, 0.717) is 0 Å². The second-order valence-corrected chi connectivity index (χ2v) is 8.54. The Kier molecular flexibility index (Phi) is 6.44. The summed E-state index contributed by atoms with van der Waals surface area (Å²) in [7, 11) is -10.1. The molecule has 0 aliphatic carbocycles. The van der Waals surface area contributed by atoms with Crippen molar-refractivity contribution in [1.29, 1.82) is 0 Å². The molecule has 3 aromatic rings. The molecule has 0 amide bonds. The number of carbonyl (C=O) groups is 1. The average Bonchev–Trinajstić information content (AvgIpc) is 2.72. The molecule has 0 unspecified atom stereocenters. The van der Waals surface area contributed by atoms with Gasteiger partial charge in [-0.05, 0) is 35.4 Å². The minimum absolute atomic E-state index is 0.0250. The van der Waals surface area contributed by atoms with Crippen LogP contribution in [0.2, 0.25) is 0 Å². The Morgan fingerprint density at radius 1 is 0.727 bits per heavy atom. The zero-order valence-corrected chi connectivity index (χ0v) is 17.9. The molecule has 13 heteroatoms. The number of rotatable bonds is 8. The van der Waals surface area contributed by atoms with Gasteiger partial charge in [-0.1, -0.05) is 48.5 Å². The van der Waals surface area contributed by atoms with Crippen LogP contribution in [-0.4, -0.2) is 37.0 Å². The normalized spacial score (nSPS) is 12.2. The molecule has 0 aliphatic heterocycles. The fraction of sp³-hybridized carbons (Fsp3) is 0.0500. The quantitative estimate of drug-likeness (QED) is 0.252. The maximum absolute atomic E-state index is 11.8. The Morgan fingerprint density at radius 2 is 1.12 bits per heavy atom. The molecule has 0 saturated heterocycles. The number of aliphatic hydroxyl groups is 1. The molecule has 0 bridgehead atoms. The number of carbonyl (C=O) groups excluding carboxylic acids is 1. The lowest BCUT2D eigenvalue weighted by atomic mass is 9.78. The van der Waals surface area contributed by atoms with Crippen LogP contribution in [0, 0.1) is 0 Å². The SMILES string of the molecule is O=C([O-])c1ccccc1C(O)(c1ccc(OS(=O)(=O)[O-])cc1)c1ccc(OS(=O)(=O)[O-])cc1. The highest BCUT2D eigenvalue weighted by atomic mass is 32.3. The van der Waals surface area contributed by atoms with Crippen molar-refractivity contribution < 1.29 is 49.3 Å². The van der Waals surface area contributed by atoms with Gasteiger partial charge in [0.25, 0.3) is 20.8 Å². The van der Waals surface area contributed by atoms with E-state index in [1.807, 2.05) is 0 Å². The van der Waals surface area contributed by atoms with E-state index in [1.54, 1.807) is 0 Å². The Balaban J connectivity index is 2.19. The first-order valence-corrected chi connectivity index (χ1v) is 11.5. The first-order valence-electron chi connectivity index (χ1n) is 8.84. The third-order valence-electron chi connectivity index (χ3n) is 4.48. The van der Waals surface area contributed by atoms with Gasteiger partial charge in [0, 0.05) is 11.1 Å². The molecule has 1 N–H and O–H groups in total. The summed E-state index contributed by atoms with van der Waals surface area (Å²) in [5, 5.41) is 23.5. The topological polar surface area (TPSA) is 193 Å². The number of carboxylic acids is 1. The van der Waals surface area contributed by atoms with Crippen LogP contribution in [0.1, 0.15) is 27.0 Å². The van der Waals surface area contributed by atoms with Gasteiger partial charge in [0.1, 0.15) is 17.1 Å².